The summed E-state index contributed by atoms with van der Waals surface area (Å²) in [6, 6.07) is 11.2. The molecule has 214 valence electrons. The van der Waals surface area contributed by atoms with Crippen molar-refractivity contribution in [1.29, 1.82) is 0 Å². The maximum absolute atomic E-state index is 11.9. The van der Waals surface area contributed by atoms with Crippen molar-refractivity contribution < 1.29 is 9.53 Å². The summed E-state index contributed by atoms with van der Waals surface area (Å²) in [4.78, 5) is 35.8. The highest BCUT2D eigenvalue weighted by Gasteiger charge is 2.39. The van der Waals surface area contributed by atoms with E-state index < -0.39 is 0 Å². The van der Waals surface area contributed by atoms with Crippen LogP contribution in [0, 0.1) is 0 Å². The molecular weight excluding hydrogens is 528 g/mol. The van der Waals surface area contributed by atoms with Gasteiger partial charge in [-0.2, -0.15) is 0 Å². The minimum atomic E-state index is -0.0285. The number of carbonyl (C=O) groups is 1. The summed E-state index contributed by atoms with van der Waals surface area (Å²) in [5.41, 5.74) is 5.58. The molecule has 3 fully saturated rings. The Labute approximate surface area is 244 Å². The zero-order chi connectivity index (χ0) is 28.6. The van der Waals surface area contributed by atoms with Gasteiger partial charge in [0.15, 0.2) is 0 Å². The van der Waals surface area contributed by atoms with E-state index in [1.165, 1.54) is 6.08 Å². The highest BCUT2D eigenvalue weighted by Crippen LogP contribution is 2.37. The first-order valence-corrected chi connectivity index (χ1v) is 14.5. The number of nitrogens with one attached hydrogen (secondary N) is 2. The number of aliphatic imine (C=N–C) groups is 1. The Morgan fingerprint density at radius 2 is 1.81 bits per heavy atom. The second kappa shape index (κ2) is 10.9. The predicted octanol–water partition coefficient (Wildman–Crippen LogP) is 4.10. The van der Waals surface area contributed by atoms with E-state index in [0.29, 0.717) is 38.3 Å². The van der Waals surface area contributed by atoms with Gasteiger partial charge in [-0.1, -0.05) is 25.3 Å². The van der Waals surface area contributed by atoms with Gasteiger partial charge in [0.1, 0.15) is 23.6 Å². The lowest BCUT2D eigenvalue weighted by atomic mass is 10.1. The molecule has 10 heteroatoms. The number of rotatable bonds is 6. The normalized spacial score (nSPS) is 22.2. The van der Waals surface area contributed by atoms with Crippen molar-refractivity contribution in [3.63, 3.8) is 0 Å². The number of carbonyl (C=O) groups excluding carboxylic acids is 1. The monoisotopic (exact) mass is 562 g/mol. The summed E-state index contributed by atoms with van der Waals surface area (Å²) in [5, 5.41) is 4.51. The number of aromatic nitrogens is 3. The van der Waals surface area contributed by atoms with Gasteiger partial charge in [0, 0.05) is 37.6 Å². The third-order valence-electron chi connectivity index (χ3n) is 8.46. The molecule has 0 aliphatic carbocycles. The topological polar surface area (TPSA) is 102 Å². The van der Waals surface area contributed by atoms with Crippen LogP contribution in [0.15, 0.2) is 90.1 Å². The summed E-state index contributed by atoms with van der Waals surface area (Å²) >= 11 is 0. The molecule has 10 nitrogen and oxygen atoms in total. The van der Waals surface area contributed by atoms with E-state index in [4.69, 9.17) is 14.7 Å². The number of hydrogen-bond acceptors (Lipinski definition) is 8. The number of piperazine rings is 1. The van der Waals surface area contributed by atoms with Crippen LogP contribution in [0.3, 0.4) is 0 Å². The zero-order valence-corrected chi connectivity index (χ0v) is 23.5. The van der Waals surface area contributed by atoms with Crippen molar-refractivity contribution in [3.05, 3.63) is 85.1 Å². The Bertz CT molecular complexity index is 1610. The van der Waals surface area contributed by atoms with E-state index >= 15 is 0 Å². The van der Waals surface area contributed by atoms with E-state index in [-0.39, 0.29) is 5.91 Å². The van der Waals surface area contributed by atoms with Crippen molar-refractivity contribution in [2.24, 2.45) is 4.99 Å². The van der Waals surface area contributed by atoms with Crippen LogP contribution in [0.1, 0.15) is 12.8 Å². The van der Waals surface area contributed by atoms with Gasteiger partial charge in [-0.3, -0.25) is 4.79 Å². The molecule has 0 saturated carbocycles. The second-order valence-corrected chi connectivity index (χ2v) is 11.1. The van der Waals surface area contributed by atoms with Crippen molar-refractivity contribution in [1.82, 2.24) is 24.8 Å². The lowest BCUT2D eigenvalue weighted by Crippen LogP contribution is -2.47. The highest BCUT2D eigenvalue weighted by molar-refractivity contribution is 5.92. The van der Waals surface area contributed by atoms with Crippen LogP contribution in [0.4, 0.5) is 11.5 Å². The van der Waals surface area contributed by atoms with Crippen molar-refractivity contribution in [3.8, 4) is 11.3 Å². The SMILES string of the molecule is C=CC(=O)N1CCN(C2=CC(=C)C=C(Nc3ccc(-c4cc5c(N6C7CCC6COC7)ncnc5[nH]4)cc3)C=N2)CC1. The van der Waals surface area contributed by atoms with E-state index in [1.54, 1.807) is 6.33 Å². The molecule has 3 aromatic rings. The average molecular weight is 563 g/mol. The summed E-state index contributed by atoms with van der Waals surface area (Å²) in [6.07, 6.45) is 11.1. The molecule has 2 aromatic heterocycles. The van der Waals surface area contributed by atoms with Crippen LogP contribution in [-0.4, -0.2) is 88.4 Å². The predicted molar refractivity (Wildman–Crippen MR) is 165 cm³/mol. The smallest absolute Gasteiger partial charge is 0.246 e. The van der Waals surface area contributed by atoms with Gasteiger partial charge in [0.05, 0.1) is 42.6 Å². The van der Waals surface area contributed by atoms with Crippen LogP contribution in [0.5, 0.6) is 0 Å². The lowest BCUT2D eigenvalue weighted by molar-refractivity contribution is -0.127. The molecular formula is C32H34N8O2. The molecule has 4 aliphatic heterocycles. The fourth-order valence-corrected chi connectivity index (χ4v) is 6.31. The van der Waals surface area contributed by atoms with Crippen LogP contribution in [-0.2, 0) is 9.53 Å². The third-order valence-corrected chi connectivity index (χ3v) is 8.46. The molecule has 1 amide bonds. The summed E-state index contributed by atoms with van der Waals surface area (Å²) in [5.74, 6) is 1.82. The molecule has 2 atom stereocenters. The summed E-state index contributed by atoms with van der Waals surface area (Å²) < 4.78 is 5.79. The van der Waals surface area contributed by atoms with Gasteiger partial charge in [0.2, 0.25) is 5.91 Å². The Morgan fingerprint density at radius 3 is 2.55 bits per heavy atom. The number of H-pyrrole nitrogens is 1. The first-order chi connectivity index (χ1) is 20.6. The first kappa shape index (κ1) is 26.2. The van der Waals surface area contributed by atoms with E-state index in [2.05, 4.69) is 68.6 Å². The van der Waals surface area contributed by atoms with Crippen LogP contribution in [0.2, 0.25) is 0 Å². The minimum absolute atomic E-state index is 0.0285. The van der Waals surface area contributed by atoms with Gasteiger partial charge in [0.25, 0.3) is 0 Å². The number of aromatic amines is 1. The summed E-state index contributed by atoms with van der Waals surface area (Å²) in [7, 11) is 0. The van der Waals surface area contributed by atoms with E-state index in [0.717, 1.165) is 76.9 Å². The first-order valence-electron chi connectivity index (χ1n) is 14.5. The number of amides is 1. The number of morpholine rings is 1. The fraction of sp³-hybridized carbons (Fsp3) is 0.312. The van der Waals surface area contributed by atoms with Gasteiger partial charge < -0.3 is 29.7 Å². The van der Waals surface area contributed by atoms with Gasteiger partial charge in [-0.15, -0.1) is 0 Å². The molecule has 2 N–H and O–H groups in total. The largest absolute Gasteiger partial charge is 0.377 e. The van der Waals surface area contributed by atoms with Gasteiger partial charge >= 0.3 is 0 Å². The van der Waals surface area contributed by atoms with Crippen molar-refractivity contribution in [2.75, 3.05) is 49.6 Å². The number of fused-ring (bicyclic) bond motifs is 3. The average Bonchev–Trinajstić information content (AvgIpc) is 3.49. The Hall–Kier alpha value is -4.70. The third kappa shape index (κ3) is 4.98. The van der Waals surface area contributed by atoms with Gasteiger partial charge in [-0.25, -0.2) is 15.0 Å². The highest BCUT2D eigenvalue weighted by atomic mass is 16.5. The molecule has 4 aliphatic rings. The van der Waals surface area contributed by atoms with E-state index in [9.17, 15) is 4.79 Å². The molecule has 6 heterocycles. The standard InChI is InChI=1S/C32H34N8O2/c1-3-30(41)39-12-10-38(11-13-39)29-15-21(2)14-24(17-33-29)36-23-6-4-22(5-7-23)28-16-27-31(37-28)34-20-35-32(27)40-25-8-9-26(40)19-42-18-25/h3-7,14-17,20,25-26,36H,1-2,8-13,18-19H2,(H,34,35,37). The van der Waals surface area contributed by atoms with E-state index in [1.807, 2.05) is 23.3 Å². The Balaban J connectivity index is 1.04. The van der Waals surface area contributed by atoms with Crippen molar-refractivity contribution >= 4 is 34.7 Å². The number of anilines is 2. The minimum Gasteiger partial charge on any atom is -0.377 e. The molecule has 0 spiro atoms. The molecule has 0 radical (unpaired) electrons. The zero-order valence-electron chi connectivity index (χ0n) is 23.5. The molecule has 1 aromatic carbocycles. The number of ether oxygens (including phenoxy) is 1. The van der Waals surface area contributed by atoms with Crippen LogP contribution < -0.4 is 10.2 Å². The van der Waals surface area contributed by atoms with Crippen LogP contribution >= 0.6 is 0 Å². The van der Waals surface area contributed by atoms with Crippen molar-refractivity contribution in [2.45, 2.75) is 24.9 Å². The molecule has 3 saturated heterocycles. The maximum atomic E-state index is 11.9. The number of nitrogens with zero attached hydrogens (tertiary/aromatic N) is 6. The Morgan fingerprint density at radius 1 is 1.05 bits per heavy atom. The molecule has 7 rings (SSSR count). The van der Waals surface area contributed by atoms with Crippen LogP contribution in [0.25, 0.3) is 22.3 Å². The number of allylic oxidation sites excluding steroid dienone is 4. The molecule has 42 heavy (non-hydrogen) atoms. The maximum Gasteiger partial charge on any atom is 0.246 e. The second-order valence-electron chi connectivity index (χ2n) is 11.1. The summed E-state index contributed by atoms with van der Waals surface area (Å²) in [6.45, 7) is 12.0. The number of hydrogen-bond donors (Lipinski definition) is 2. The quantitative estimate of drug-likeness (QED) is 0.436. The Kier molecular flexibility index (Phi) is 6.83. The molecule has 2 unspecified atom stereocenters. The molecule has 2 bridgehead atoms. The lowest BCUT2D eigenvalue weighted by Gasteiger charge is -2.35. The fourth-order valence-electron chi connectivity index (χ4n) is 6.31. The number of benzene rings is 1. The van der Waals surface area contributed by atoms with Gasteiger partial charge in [-0.05, 0) is 60.4 Å².